The zero-order valence-corrected chi connectivity index (χ0v) is 14.1. The number of carbonyl (C=O) groups excluding carboxylic acids is 1. The van der Waals surface area contributed by atoms with Crippen LogP contribution in [0.5, 0.6) is 5.75 Å². The van der Waals surface area contributed by atoms with Crippen molar-refractivity contribution < 1.29 is 9.53 Å². The standard InChI is InChI=1S/C16H26N4O2/c1-6-17-16(19-11-15(21)20(3)4)18-10-13-7-8-14(22-5)12(2)9-13/h7-9H,6,10-11H2,1-5H3,(H2,17,18,19). The van der Waals surface area contributed by atoms with Crippen LogP contribution in [0.1, 0.15) is 18.1 Å². The molecule has 0 saturated carbocycles. The van der Waals surface area contributed by atoms with E-state index in [9.17, 15) is 4.79 Å². The number of nitrogens with one attached hydrogen (secondary N) is 2. The molecule has 0 aliphatic heterocycles. The average molecular weight is 306 g/mol. The van der Waals surface area contributed by atoms with Gasteiger partial charge < -0.3 is 20.3 Å². The third kappa shape index (κ3) is 5.63. The second-order valence-electron chi connectivity index (χ2n) is 5.14. The number of benzene rings is 1. The molecule has 0 fully saturated rings. The van der Waals surface area contributed by atoms with Crippen LogP contribution in [0.4, 0.5) is 0 Å². The molecule has 0 aliphatic carbocycles. The van der Waals surface area contributed by atoms with Crippen molar-refractivity contribution >= 4 is 11.9 Å². The smallest absolute Gasteiger partial charge is 0.241 e. The Kier molecular flexibility index (Phi) is 7.22. The first-order valence-electron chi connectivity index (χ1n) is 7.33. The van der Waals surface area contributed by atoms with Gasteiger partial charge in [-0.3, -0.25) is 4.79 Å². The van der Waals surface area contributed by atoms with Gasteiger partial charge in [0.2, 0.25) is 5.91 Å². The first-order chi connectivity index (χ1) is 10.5. The SMILES string of the molecule is CCNC(=NCc1ccc(OC)c(C)c1)NCC(=O)N(C)C. The van der Waals surface area contributed by atoms with Crippen LogP contribution in [0.2, 0.25) is 0 Å². The second-order valence-corrected chi connectivity index (χ2v) is 5.14. The number of likely N-dealkylation sites (N-methyl/N-ethyl adjacent to an activating group) is 1. The zero-order chi connectivity index (χ0) is 16.5. The van der Waals surface area contributed by atoms with Gasteiger partial charge in [-0.1, -0.05) is 12.1 Å². The summed E-state index contributed by atoms with van der Waals surface area (Å²) in [5.74, 6) is 1.51. The van der Waals surface area contributed by atoms with Crippen molar-refractivity contribution in [2.24, 2.45) is 4.99 Å². The maximum atomic E-state index is 11.6. The minimum Gasteiger partial charge on any atom is -0.496 e. The van der Waals surface area contributed by atoms with E-state index in [1.54, 1.807) is 26.1 Å². The largest absolute Gasteiger partial charge is 0.496 e. The van der Waals surface area contributed by atoms with Crippen LogP contribution in [-0.2, 0) is 11.3 Å². The van der Waals surface area contributed by atoms with Crippen molar-refractivity contribution in [3.63, 3.8) is 0 Å². The predicted octanol–water partition coefficient (Wildman–Crippen LogP) is 1.15. The molecule has 0 saturated heterocycles. The lowest BCUT2D eigenvalue weighted by atomic mass is 10.1. The summed E-state index contributed by atoms with van der Waals surface area (Å²) >= 11 is 0. The first kappa shape index (κ1) is 17.8. The third-order valence-electron chi connectivity index (χ3n) is 3.13. The van der Waals surface area contributed by atoms with Gasteiger partial charge in [0.15, 0.2) is 5.96 Å². The Morgan fingerprint density at radius 2 is 2.05 bits per heavy atom. The van der Waals surface area contributed by atoms with Gasteiger partial charge in [-0.25, -0.2) is 4.99 Å². The van der Waals surface area contributed by atoms with E-state index in [1.165, 1.54) is 0 Å². The molecule has 6 nitrogen and oxygen atoms in total. The molecule has 2 N–H and O–H groups in total. The van der Waals surface area contributed by atoms with Crippen molar-refractivity contribution in [3.8, 4) is 5.75 Å². The summed E-state index contributed by atoms with van der Waals surface area (Å²) in [6, 6.07) is 5.98. The topological polar surface area (TPSA) is 66.0 Å². The number of hydrogen-bond donors (Lipinski definition) is 2. The third-order valence-corrected chi connectivity index (χ3v) is 3.13. The number of guanidine groups is 1. The van der Waals surface area contributed by atoms with Gasteiger partial charge in [0.25, 0.3) is 0 Å². The van der Waals surface area contributed by atoms with Crippen LogP contribution >= 0.6 is 0 Å². The maximum Gasteiger partial charge on any atom is 0.241 e. The molecule has 1 rings (SSSR count). The number of carbonyl (C=O) groups is 1. The van der Waals surface area contributed by atoms with Crippen molar-refractivity contribution in [2.75, 3.05) is 34.3 Å². The fourth-order valence-corrected chi connectivity index (χ4v) is 1.87. The lowest BCUT2D eigenvalue weighted by Gasteiger charge is -2.14. The number of ether oxygens (including phenoxy) is 1. The van der Waals surface area contributed by atoms with E-state index in [0.29, 0.717) is 12.5 Å². The zero-order valence-electron chi connectivity index (χ0n) is 14.1. The summed E-state index contributed by atoms with van der Waals surface area (Å²) in [6.07, 6.45) is 0. The van der Waals surface area contributed by atoms with E-state index >= 15 is 0 Å². The molecule has 122 valence electrons. The van der Waals surface area contributed by atoms with Gasteiger partial charge in [-0.05, 0) is 31.0 Å². The van der Waals surface area contributed by atoms with E-state index in [0.717, 1.165) is 23.4 Å². The van der Waals surface area contributed by atoms with E-state index in [2.05, 4.69) is 21.7 Å². The van der Waals surface area contributed by atoms with Crippen molar-refractivity contribution in [1.82, 2.24) is 15.5 Å². The van der Waals surface area contributed by atoms with Gasteiger partial charge in [-0.15, -0.1) is 0 Å². The molecule has 22 heavy (non-hydrogen) atoms. The highest BCUT2D eigenvalue weighted by Crippen LogP contribution is 2.18. The number of rotatable bonds is 6. The summed E-state index contributed by atoms with van der Waals surface area (Å²) in [6.45, 7) is 5.49. The summed E-state index contributed by atoms with van der Waals surface area (Å²) in [5.41, 5.74) is 2.17. The lowest BCUT2D eigenvalue weighted by molar-refractivity contribution is -0.127. The van der Waals surface area contributed by atoms with Crippen LogP contribution in [0, 0.1) is 6.92 Å². The van der Waals surface area contributed by atoms with Crippen LogP contribution in [0.25, 0.3) is 0 Å². The van der Waals surface area contributed by atoms with Crippen molar-refractivity contribution in [2.45, 2.75) is 20.4 Å². The monoisotopic (exact) mass is 306 g/mol. The summed E-state index contributed by atoms with van der Waals surface area (Å²) < 4.78 is 5.25. The van der Waals surface area contributed by atoms with Gasteiger partial charge in [0, 0.05) is 20.6 Å². The van der Waals surface area contributed by atoms with Gasteiger partial charge in [0.05, 0.1) is 20.2 Å². The van der Waals surface area contributed by atoms with Crippen LogP contribution < -0.4 is 15.4 Å². The highest BCUT2D eigenvalue weighted by atomic mass is 16.5. The molecule has 0 bridgehead atoms. The number of amides is 1. The molecule has 0 aliphatic rings. The Hall–Kier alpha value is -2.24. The van der Waals surface area contributed by atoms with Crippen LogP contribution in [-0.4, -0.2) is 51.1 Å². The number of aryl methyl sites for hydroxylation is 1. The number of aliphatic imine (C=N–C) groups is 1. The highest BCUT2D eigenvalue weighted by molar-refractivity contribution is 5.86. The predicted molar refractivity (Wildman–Crippen MR) is 89.2 cm³/mol. The highest BCUT2D eigenvalue weighted by Gasteiger charge is 2.05. The summed E-state index contributed by atoms with van der Waals surface area (Å²) in [7, 11) is 5.12. The molecule has 1 amide bonds. The van der Waals surface area contributed by atoms with E-state index in [-0.39, 0.29) is 12.5 Å². The normalized spacial score (nSPS) is 11.0. The number of hydrogen-bond acceptors (Lipinski definition) is 3. The van der Waals surface area contributed by atoms with Crippen molar-refractivity contribution in [1.29, 1.82) is 0 Å². The Balaban J connectivity index is 2.69. The second kappa shape index (κ2) is 8.92. The number of methoxy groups -OCH3 is 1. The molecule has 0 unspecified atom stereocenters. The molecule has 0 aromatic heterocycles. The lowest BCUT2D eigenvalue weighted by Crippen LogP contribution is -2.42. The van der Waals surface area contributed by atoms with E-state index in [4.69, 9.17) is 4.74 Å². The average Bonchev–Trinajstić information content (AvgIpc) is 2.49. The molecule has 0 spiro atoms. The Bertz CT molecular complexity index is 527. The summed E-state index contributed by atoms with van der Waals surface area (Å²) in [4.78, 5) is 17.6. The Labute approximate surface area is 132 Å². The Morgan fingerprint density at radius 1 is 1.32 bits per heavy atom. The van der Waals surface area contributed by atoms with Crippen LogP contribution in [0.3, 0.4) is 0 Å². The summed E-state index contributed by atoms with van der Waals surface area (Å²) in [5, 5.41) is 6.16. The van der Waals surface area contributed by atoms with E-state index < -0.39 is 0 Å². The fourth-order valence-electron chi connectivity index (χ4n) is 1.87. The van der Waals surface area contributed by atoms with Gasteiger partial charge >= 0.3 is 0 Å². The van der Waals surface area contributed by atoms with Crippen LogP contribution in [0.15, 0.2) is 23.2 Å². The molecule has 6 heteroatoms. The fraction of sp³-hybridized carbons (Fsp3) is 0.500. The maximum absolute atomic E-state index is 11.6. The Morgan fingerprint density at radius 3 is 2.59 bits per heavy atom. The molecular weight excluding hydrogens is 280 g/mol. The minimum atomic E-state index is 0.00546. The quantitative estimate of drug-likeness (QED) is 0.611. The molecule has 1 aromatic rings. The van der Waals surface area contributed by atoms with E-state index in [1.807, 2.05) is 26.0 Å². The molecule has 1 aromatic carbocycles. The van der Waals surface area contributed by atoms with Crippen molar-refractivity contribution in [3.05, 3.63) is 29.3 Å². The molecule has 0 radical (unpaired) electrons. The first-order valence-corrected chi connectivity index (χ1v) is 7.33. The molecular formula is C16H26N4O2. The van der Waals surface area contributed by atoms with Gasteiger partial charge in [0.1, 0.15) is 5.75 Å². The minimum absolute atomic E-state index is 0.00546. The van der Waals surface area contributed by atoms with Gasteiger partial charge in [-0.2, -0.15) is 0 Å². The molecule has 0 atom stereocenters. The number of nitrogens with zero attached hydrogens (tertiary/aromatic N) is 2. The molecule has 0 heterocycles.